The first-order valence-corrected chi connectivity index (χ1v) is 6.97. The molecule has 1 atom stereocenters. The fourth-order valence-electron chi connectivity index (χ4n) is 2.11. The van der Waals surface area contributed by atoms with Crippen molar-refractivity contribution in [2.45, 2.75) is 25.8 Å². The normalized spacial score (nSPS) is 16.6. The number of hydrogen-bond acceptors (Lipinski definition) is 3. The van der Waals surface area contributed by atoms with Crippen molar-refractivity contribution in [2.75, 3.05) is 20.3 Å². The lowest BCUT2D eigenvalue weighted by Gasteiger charge is -2.29. The van der Waals surface area contributed by atoms with Crippen molar-refractivity contribution in [1.82, 2.24) is 4.90 Å². The van der Waals surface area contributed by atoms with E-state index >= 15 is 0 Å². The van der Waals surface area contributed by atoms with E-state index in [9.17, 15) is 4.79 Å². The van der Waals surface area contributed by atoms with Gasteiger partial charge in [0, 0.05) is 19.7 Å². The highest BCUT2D eigenvalue weighted by Crippen LogP contribution is 2.36. The first-order chi connectivity index (χ1) is 8.65. The van der Waals surface area contributed by atoms with Gasteiger partial charge in [0.2, 0.25) is 0 Å². The number of carbonyl (C=O) groups excluding carboxylic acids is 1. The summed E-state index contributed by atoms with van der Waals surface area (Å²) >= 11 is 3.26. The second-order valence-corrected chi connectivity index (χ2v) is 5.40. The molecule has 1 amide bonds. The van der Waals surface area contributed by atoms with Crippen LogP contribution in [0, 0.1) is 5.92 Å². The molecule has 1 unspecified atom stereocenters. The van der Waals surface area contributed by atoms with E-state index in [0.717, 1.165) is 0 Å². The standard InChI is InChI=1S/C13H18BrNO3/c1-9(10-3-4-10)15(6-8-17-2)13(16)11-5-7-18-12(11)14/h5,7,9-10H,3-4,6,8H2,1-2H3. The molecule has 5 heteroatoms. The zero-order valence-corrected chi connectivity index (χ0v) is 12.3. The summed E-state index contributed by atoms with van der Waals surface area (Å²) in [6.45, 7) is 3.28. The highest BCUT2D eigenvalue weighted by atomic mass is 79.9. The van der Waals surface area contributed by atoms with Gasteiger partial charge in [-0.25, -0.2) is 0 Å². The Bertz CT molecular complexity index is 414. The Kier molecular flexibility index (Phi) is 4.45. The third kappa shape index (κ3) is 2.95. The van der Waals surface area contributed by atoms with E-state index in [1.165, 1.54) is 19.1 Å². The molecule has 100 valence electrons. The Labute approximate surface area is 115 Å². The molecule has 1 saturated carbocycles. The van der Waals surface area contributed by atoms with Crippen LogP contribution in [-0.2, 0) is 4.74 Å². The lowest BCUT2D eigenvalue weighted by molar-refractivity contribution is 0.0592. The van der Waals surface area contributed by atoms with Crippen molar-refractivity contribution in [2.24, 2.45) is 5.92 Å². The lowest BCUT2D eigenvalue weighted by Crippen LogP contribution is -2.42. The van der Waals surface area contributed by atoms with E-state index in [2.05, 4.69) is 22.9 Å². The molecule has 1 aliphatic carbocycles. The molecule has 2 rings (SSSR count). The van der Waals surface area contributed by atoms with Crippen LogP contribution in [0.1, 0.15) is 30.1 Å². The maximum atomic E-state index is 12.5. The minimum Gasteiger partial charge on any atom is -0.457 e. The summed E-state index contributed by atoms with van der Waals surface area (Å²) in [6.07, 6.45) is 3.95. The first kappa shape index (κ1) is 13.6. The number of ether oxygens (including phenoxy) is 1. The number of amides is 1. The zero-order chi connectivity index (χ0) is 13.1. The Balaban J connectivity index is 2.12. The van der Waals surface area contributed by atoms with Crippen LogP contribution in [0.4, 0.5) is 0 Å². The molecule has 1 fully saturated rings. The zero-order valence-electron chi connectivity index (χ0n) is 10.7. The highest BCUT2D eigenvalue weighted by molar-refractivity contribution is 9.10. The number of halogens is 1. The van der Waals surface area contributed by atoms with Crippen LogP contribution in [0.15, 0.2) is 21.4 Å². The van der Waals surface area contributed by atoms with Gasteiger partial charge in [-0.05, 0) is 47.7 Å². The molecule has 0 aromatic carbocycles. The average Bonchev–Trinajstić information content (AvgIpc) is 3.12. The molecule has 0 aliphatic heterocycles. The van der Waals surface area contributed by atoms with E-state index in [1.807, 2.05) is 4.90 Å². The van der Waals surface area contributed by atoms with Crippen LogP contribution in [0.25, 0.3) is 0 Å². The topological polar surface area (TPSA) is 42.7 Å². The average molecular weight is 316 g/mol. The Morgan fingerprint density at radius 2 is 2.39 bits per heavy atom. The monoisotopic (exact) mass is 315 g/mol. The van der Waals surface area contributed by atoms with E-state index in [1.54, 1.807) is 13.2 Å². The fraction of sp³-hybridized carbons (Fsp3) is 0.615. The summed E-state index contributed by atoms with van der Waals surface area (Å²) in [5.41, 5.74) is 0.582. The maximum absolute atomic E-state index is 12.5. The van der Waals surface area contributed by atoms with Crippen LogP contribution >= 0.6 is 15.9 Å². The number of rotatable bonds is 6. The summed E-state index contributed by atoms with van der Waals surface area (Å²) in [4.78, 5) is 14.4. The van der Waals surface area contributed by atoms with E-state index in [4.69, 9.17) is 9.15 Å². The minimum absolute atomic E-state index is 0.00655. The van der Waals surface area contributed by atoms with Gasteiger partial charge < -0.3 is 14.1 Å². The summed E-state index contributed by atoms with van der Waals surface area (Å²) < 4.78 is 10.7. The molecule has 1 aromatic heterocycles. The van der Waals surface area contributed by atoms with Gasteiger partial charge in [0.1, 0.15) is 0 Å². The molecule has 0 bridgehead atoms. The SMILES string of the molecule is COCCN(C(=O)c1ccoc1Br)C(C)C1CC1. The number of nitrogens with zero attached hydrogens (tertiary/aromatic N) is 1. The van der Waals surface area contributed by atoms with Crippen molar-refractivity contribution in [3.05, 3.63) is 22.6 Å². The third-order valence-electron chi connectivity index (χ3n) is 3.44. The Hall–Kier alpha value is -0.810. The maximum Gasteiger partial charge on any atom is 0.258 e. The molecule has 4 nitrogen and oxygen atoms in total. The van der Waals surface area contributed by atoms with Crippen LogP contribution in [-0.4, -0.2) is 37.1 Å². The van der Waals surface area contributed by atoms with Crippen molar-refractivity contribution < 1.29 is 13.9 Å². The van der Waals surface area contributed by atoms with Gasteiger partial charge in [-0.2, -0.15) is 0 Å². The van der Waals surface area contributed by atoms with Gasteiger partial charge in [0.05, 0.1) is 18.4 Å². The minimum atomic E-state index is 0.00655. The predicted molar refractivity (Wildman–Crippen MR) is 71.5 cm³/mol. The summed E-state index contributed by atoms with van der Waals surface area (Å²) in [7, 11) is 1.65. The molecule has 0 N–H and O–H groups in total. The predicted octanol–water partition coefficient (Wildman–Crippen LogP) is 2.93. The summed E-state index contributed by atoms with van der Waals surface area (Å²) in [5.74, 6) is 0.642. The van der Waals surface area contributed by atoms with Gasteiger partial charge >= 0.3 is 0 Å². The molecular formula is C13H18BrNO3. The van der Waals surface area contributed by atoms with Gasteiger partial charge in [-0.3, -0.25) is 4.79 Å². The smallest absolute Gasteiger partial charge is 0.258 e. The first-order valence-electron chi connectivity index (χ1n) is 6.18. The van der Waals surface area contributed by atoms with E-state index in [-0.39, 0.29) is 11.9 Å². The number of methoxy groups -OCH3 is 1. The molecule has 1 heterocycles. The van der Waals surface area contributed by atoms with E-state index in [0.29, 0.717) is 29.3 Å². The van der Waals surface area contributed by atoms with Gasteiger partial charge in [-0.1, -0.05) is 0 Å². The summed E-state index contributed by atoms with van der Waals surface area (Å²) in [5, 5.41) is 0. The Morgan fingerprint density at radius 3 is 2.89 bits per heavy atom. The van der Waals surface area contributed by atoms with Crippen molar-refractivity contribution in [1.29, 1.82) is 0 Å². The quantitative estimate of drug-likeness (QED) is 0.810. The number of carbonyl (C=O) groups is 1. The van der Waals surface area contributed by atoms with Crippen LogP contribution in [0.5, 0.6) is 0 Å². The van der Waals surface area contributed by atoms with Crippen molar-refractivity contribution in [3.8, 4) is 0 Å². The molecule has 18 heavy (non-hydrogen) atoms. The highest BCUT2D eigenvalue weighted by Gasteiger charge is 2.35. The molecule has 0 spiro atoms. The van der Waals surface area contributed by atoms with Crippen LogP contribution in [0.2, 0.25) is 0 Å². The third-order valence-corrected chi connectivity index (χ3v) is 4.06. The van der Waals surface area contributed by atoms with Gasteiger partial charge in [0.15, 0.2) is 4.67 Å². The fourth-order valence-corrected chi connectivity index (χ4v) is 2.52. The second-order valence-electron chi connectivity index (χ2n) is 4.68. The molecule has 1 aliphatic rings. The van der Waals surface area contributed by atoms with Crippen molar-refractivity contribution >= 4 is 21.8 Å². The lowest BCUT2D eigenvalue weighted by atomic mass is 10.1. The number of hydrogen-bond donors (Lipinski definition) is 0. The second kappa shape index (κ2) is 5.89. The van der Waals surface area contributed by atoms with Gasteiger partial charge in [-0.15, -0.1) is 0 Å². The molecular weight excluding hydrogens is 298 g/mol. The van der Waals surface area contributed by atoms with Gasteiger partial charge in [0.25, 0.3) is 5.91 Å². The molecule has 0 radical (unpaired) electrons. The largest absolute Gasteiger partial charge is 0.457 e. The van der Waals surface area contributed by atoms with Crippen LogP contribution in [0.3, 0.4) is 0 Å². The van der Waals surface area contributed by atoms with Crippen molar-refractivity contribution in [3.63, 3.8) is 0 Å². The van der Waals surface area contributed by atoms with Crippen LogP contribution < -0.4 is 0 Å². The Morgan fingerprint density at radius 1 is 1.67 bits per heavy atom. The number of furan rings is 1. The van der Waals surface area contributed by atoms with E-state index < -0.39 is 0 Å². The molecule has 1 aromatic rings. The molecule has 0 saturated heterocycles. The summed E-state index contributed by atoms with van der Waals surface area (Å²) in [6, 6.07) is 1.96.